The molecule has 1 aliphatic heterocycles. The van der Waals surface area contributed by atoms with E-state index in [4.69, 9.17) is 28.4 Å². The Labute approximate surface area is 322 Å². The summed E-state index contributed by atoms with van der Waals surface area (Å²) in [5.41, 5.74) is 0.989. The Morgan fingerprint density at radius 3 is 2.22 bits per heavy atom. The van der Waals surface area contributed by atoms with Crippen LogP contribution in [-0.4, -0.2) is 72.1 Å². The zero-order valence-electron chi connectivity index (χ0n) is 33.2. The lowest BCUT2D eigenvalue weighted by Gasteiger charge is -2.40. The first-order valence-electron chi connectivity index (χ1n) is 18.4. The highest BCUT2D eigenvalue weighted by molar-refractivity contribution is 6.74. The van der Waals surface area contributed by atoms with Crippen LogP contribution in [-0.2, 0) is 45.0 Å². The Kier molecular flexibility index (Phi) is 12.3. The van der Waals surface area contributed by atoms with Gasteiger partial charge in [-0.2, -0.15) is 13.2 Å². The number of hydrogen-bond donors (Lipinski definition) is 0. The molecule has 3 aromatic rings. The van der Waals surface area contributed by atoms with Gasteiger partial charge >= 0.3 is 18.2 Å². The lowest BCUT2D eigenvalue weighted by atomic mass is 10.0. The van der Waals surface area contributed by atoms with Crippen LogP contribution in [0.1, 0.15) is 88.8 Å². The van der Waals surface area contributed by atoms with Gasteiger partial charge in [0.25, 0.3) is 0 Å². The van der Waals surface area contributed by atoms with E-state index in [9.17, 15) is 22.8 Å². The van der Waals surface area contributed by atoms with Gasteiger partial charge in [0.05, 0.1) is 44.8 Å². The molecular formula is C40H53F3N4O7Si. The number of alkyl halides is 3. The molecule has 1 atom stereocenters. The Balaban J connectivity index is 1.54. The lowest BCUT2D eigenvalue weighted by Crippen LogP contribution is -2.51. The number of carbonyl (C=O) groups excluding carboxylic acids is 2. The molecule has 3 heterocycles. The highest BCUT2D eigenvalue weighted by Gasteiger charge is 2.55. The largest absolute Gasteiger partial charge is 0.487 e. The SMILES string of the molecule is COc1ccc(OCc2ccccc2)c(CN(Cc2cc(C3OCC4(CC4)CN3C(=O)C(F)(F)F)cc(CO[Si](C)(C)C(C)(C)C)n2)C(=O)OC(C)(C)C)n1. The number of halogens is 3. The van der Waals surface area contributed by atoms with Crippen LogP contribution < -0.4 is 9.47 Å². The highest BCUT2D eigenvalue weighted by atomic mass is 28.4. The molecular weight excluding hydrogens is 734 g/mol. The van der Waals surface area contributed by atoms with E-state index in [0.29, 0.717) is 47.1 Å². The van der Waals surface area contributed by atoms with Crippen molar-refractivity contribution in [3.05, 3.63) is 82.8 Å². The standard InChI is InChI=1S/C40H53F3N4O7Si/c1-37(2,3)54-36(49)46(22-31-32(15-16-33(45-31)50-7)51-23-27-13-11-10-12-14-27)21-29-19-28(20-30(44-29)24-53-55(8,9)38(4,5)6)34-47(35(48)40(41,42)43)25-39(17-18-39)26-52-34/h10-16,19-20,34H,17-18,21-26H2,1-9H3. The van der Waals surface area contributed by atoms with Gasteiger partial charge in [0.1, 0.15) is 23.7 Å². The molecule has 2 aromatic heterocycles. The fraction of sp³-hybridized carbons (Fsp3) is 0.550. The number of methoxy groups -OCH3 is 1. The second-order valence-corrected chi connectivity index (χ2v) is 21.7. The van der Waals surface area contributed by atoms with Crippen molar-refractivity contribution in [1.29, 1.82) is 0 Å². The van der Waals surface area contributed by atoms with Crippen LogP contribution in [0.25, 0.3) is 0 Å². The van der Waals surface area contributed by atoms with Crippen LogP contribution in [0.4, 0.5) is 18.0 Å². The van der Waals surface area contributed by atoms with Crippen molar-refractivity contribution in [2.24, 2.45) is 5.41 Å². The molecule has 0 radical (unpaired) electrons. The third kappa shape index (κ3) is 11.0. The molecule has 1 saturated carbocycles. The van der Waals surface area contributed by atoms with E-state index in [1.165, 1.54) is 12.0 Å². The molecule has 2 amide bonds. The Morgan fingerprint density at radius 1 is 0.945 bits per heavy atom. The van der Waals surface area contributed by atoms with E-state index in [2.05, 4.69) is 38.8 Å². The van der Waals surface area contributed by atoms with Gasteiger partial charge in [-0.15, -0.1) is 0 Å². The Morgan fingerprint density at radius 2 is 1.62 bits per heavy atom. The highest BCUT2D eigenvalue weighted by Crippen LogP contribution is 2.52. The summed E-state index contributed by atoms with van der Waals surface area (Å²) >= 11 is 0. The molecule has 1 aliphatic carbocycles. The monoisotopic (exact) mass is 786 g/mol. The molecule has 15 heteroatoms. The zero-order chi connectivity index (χ0) is 40.4. The minimum Gasteiger partial charge on any atom is -0.487 e. The maximum Gasteiger partial charge on any atom is 0.471 e. The van der Waals surface area contributed by atoms with E-state index in [-0.39, 0.29) is 44.5 Å². The quantitative estimate of drug-likeness (QED) is 0.167. The average Bonchev–Trinajstić information content (AvgIpc) is 3.86. The van der Waals surface area contributed by atoms with E-state index in [1.807, 2.05) is 30.3 Å². The van der Waals surface area contributed by atoms with Crippen molar-refractivity contribution in [1.82, 2.24) is 19.8 Å². The molecule has 2 fully saturated rings. The number of ether oxygens (including phenoxy) is 4. The lowest BCUT2D eigenvalue weighted by molar-refractivity contribution is -0.210. The Bertz CT molecular complexity index is 1830. The second kappa shape index (κ2) is 16.1. The van der Waals surface area contributed by atoms with Crippen LogP contribution >= 0.6 is 0 Å². The summed E-state index contributed by atoms with van der Waals surface area (Å²) in [6.45, 7) is 15.9. The molecule has 0 N–H and O–H groups in total. The topological polar surface area (TPSA) is 113 Å². The number of rotatable bonds is 12. The molecule has 1 aromatic carbocycles. The number of amides is 2. The molecule has 0 bridgehead atoms. The summed E-state index contributed by atoms with van der Waals surface area (Å²) < 4.78 is 72.0. The van der Waals surface area contributed by atoms with Gasteiger partial charge in [-0.25, -0.2) is 9.78 Å². The summed E-state index contributed by atoms with van der Waals surface area (Å²) in [7, 11) is -0.825. The van der Waals surface area contributed by atoms with Crippen LogP contribution in [0, 0.1) is 5.41 Å². The fourth-order valence-corrected chi connectivity index (χ4v) is 6.77. The van der Waals surface area contributed by atoms with Crippen molar-refractivity contribution in [3.8, 4) is 11.6 Å². The minimum absolute atomic E-state index is 0.0581. The molecule has 55 heavy (non-hydrogen) atoms. The van der Waals surface area contributed by atoms with Crippen LogP contribution in [0.2, 0.25) is 18.1 Å². The van der Waals surface area contributed by atoms with Crippen molar-refractivity contribution < 1.29 is 46.1 Å². The van der Waals surface area contributed by atoms with Gasteiger partial charge in [0.2, 0.25) is 5.88 Å². The predicted molar refractivity (Wildman–Crippen MR) is 201 cm³/mol. The molecule has 5 rings (SSSR count). The van der Waals surface area contributed by atoms with Gasteiger partial charge in [-0.1, -0.05) is 51.1 Å². The molecule has 1 spiro atoms. The van der Waals surface area contributed by atoms with Gasteiger partial charge in [-0.3, -0.25) is 14.7 Å². The Hall–Kier alpha value is -4.21. The maximum atomic E-state index is 14.0. The number of aromatic nitrogens is 2. The normalized spacial score (nSPS) is 17.2. The van der Waals surface area contributed by atoms with Crippen molar-refractivity contribution in [2.75, 3.05) is 20.3 Å². The summed E-state index contributed by atoms with van der Waals surface area (Å²) in [5.74, 6) is -1.26. The number of pyridine rings is 2. The van der Waals surface area contributed by atoms with E-state index in [1.54, 1.807) is 45.0 Å². The third-order valence-electron chi connectivity index (χ3n) is 10.1. The number of hydrogen-bond acceptors (Lipinski definition) is 9. The molecule has 1 saturated heterocycles. The van der Waals surface area contributed by atoms with Crippen molar-refractivity contribution >= 4 is 20.3 Å². The van der Waals surface area contributed by atoms with Gasteiger partial charge in [0, 0.05) is 23.6 Å². The van der Waals surface area contributed by atoms with Crippen LogP contribution in [0.15, 0.2) is 54.6 Å². The van der Waals surface area contributed by atoms with E-state index < -0.39 is 43.7 Å². The maximum absolute atomic E-state index is 14.0. The van der Waals surface area contributed by atoms with Crippen molar-refractivity contribution in [3.63, 3.8) is 0 Å². The van der Waals surface area contributed by atoms with E-state index >= 15 is 0 Å². The minimum atomic E-state index is -5.10. The van der Waals surface area contributed by atoms with Gasteiger partial charge < -0.3 is 28.3 Å². The average molecular weight is 787 g/mol. The fourth-order valence-electron chi connectivity index (χ4n) is 5.83. The van der Waals surface area contributed by atoms with Crippen LogP contribution in [0.3, 0.4) is 0 Å². The summed E-state index contributed by atoms with van der Waals surface area (Å²) in [5, 5.41) is -0.133. The number of nitrogens with zero attached hydrogens (tertiary/aromatic N) is 4. The van der Waals surface area contributed by atoms with Crippen molar-refractivity contribution in [2.45, 2.75) is 117 Å². The number of carbonyl (C=O) groups is 2. The van der Waals surface area contributed by atoms with Crippen LogP contribution in [0.5, 0.6) is 11.6 Å². The molecule has 1 unspecified atom stereocenters. The summed E-state index contributed by atoms with van der Waals surface area (Å²) in [6, 6.07) is 16.2. The third-order valence-corrected chi connectivity index (χ3v) is 14.6. The molecule has 11 nitrogen and oxygen atoms in total. The predicted octanol–water partition coefficient (Wildman–Crippen LogP) is 8.72. The zero-order valence-corrected chi connectivity index (χ0v) is 34.2. The van der Waals surface area contributed by atoms with Gasteiger partial charge in [0.15, 0.2) is 14.5 Å². The number of benzene rings is 1. The molecule has 2 aliphatic rings. The van der Waals surface area contributed by atoms with E-state index in [0.717, 1.165) is 10.5 Å². The smallest absolute Gasteiger partial charge is 0.471 e. The van der Waals surface area contributed by atoms with Gasteiger partial charge in [-0.05, 0) is 75.5 Å². The molecule has 300 valence electrons. The first-order chi connectivity index (χ1) is 25.6. The first kappa shape index (κ1) is 41.9. The second-order valence-electron chi connectivity index (χ2n) is 16.9. The first-order valence-corrected chi connectivity index (χ1v) is 21.3. The summed E-state index contributed by atoms with van der Waals surface area (Å²) in [4.78, 5) is 38.5. The summed E-state index contributed by atoms with van der Waals surface area (Å²) in [6.07, 6.45) is -5.77.